The van der Waals surface area contributed by atoms with Gasteiger partial charge < -0.3 is 11.1 Å². The molecule has 3 heteroatoms. The lowest BCUT2D eigenvalue weighted by atomic mass is 9.84. The van der Waals surface area contributed by atoms with Gasteiger partial charge in [0.2, 0.25) is 5.91 Å². The van der Waals surface area contributed by atoms with Gasteiger partial charge in [0, 0.05) is 6.54 Å². The van der Waals surface area contributed by atoms with E-state index in [9.17, 15) is 4.79 Å². The highest BCUT2D eigenvalue weighted by Crippen LogP contribution is 2.32. The van der Waals surface area contributed by atoms with Crippen LogP contribution in [0.25, 0.3) is 0 Å². The number of benzene rings is 1. The van der Waals surface area contributed by atoms with Crippen LogP contribution in [0.15, 0.2) is 24.3 Å². The van der Waals surface area contributed by atoms with Gasteiger partial charge in [0.1, 0.15) is 0 Å². The van der Waals surface area contributed by atoms with Crippen LogP contribution >= 0.6 is 0 Å². The van der Waals surface area contributed by atoms with Gasteiger partial charge in [-0.05, 0) is 43.2 Å². The highest BCUT2D eigenvalue weighted by molar-refractivity contribution is 5.80. The molecule has 1 aromatic carbocycles. The summed E-state index contributed by atoms with van der Waals surface area (Å²) < 4.78 is 0. The van der Waals surface area contributed by atoms with Crippen LogP contribution in [0.5, 0.6) is 0 Å². The Morgan fingerprint density at radius 3 is 2.50 bits per heavy atom. The van der Waals surface area contributed by atoms with Gasteiger partial charge >= 0.3 is 0 Å². The van der Waals surface area contributed by atoms with Gasteiger partial charge in [-0.1, -0.05) is 43.5 Å². The van der Waals surface area contributed by atoms with Gasteiger partial charge in [0.05, 0.1) is 6.04 Å². The van der Waals surface area contributed by atoms with E-state index >= 15 is 0 Å². The minimum Gasteiger partial charge on any atom is -0.354 e. The van der Waals surface area contributed by atoms with Crippen molar-refractivity contribution in [2.75, 3.05) is 6.54 Å². The predicted octanol–water partition coefficient (Wildman–Crippen LogP) is 2.74. The van der Waals surface area contributed by atoms with Crippen LogP contribution in [0.2, 0.25) is 0 Å². The first-order chi connectivity index (χ1) is 9.66. The van der Waals surface area contributed by atoms with Crippen LogP contribution in [0, 0.1) is 0 Å². The van der Waals surface area contributed by atoms with Crippen molar-refractivity contribution in [3.05, 3.63) is 35.4 Å². The molecule has 0 bridgehead atoms. The Bertz CT molecular complexity index is 419. The minimum absolute atomic E-state index is 0.0798. The Morgan fingerprint density at radius 1 is 1.25 bits per heavy atom. The second-order valence-corrected chi connectivity index (χ2v) is 5.91. The zero-order valence-electron chi connectivity index (χ0n) is 12.4. The third kappa shape index (κ3) is 4.34. The summed E-state index contributed by atoms with van der Waals surface area (Å²) in [5.74, 6) is 0.680. The highest BCUT2D eigenvalue weighted by atomic mass is 16.2. The predicted molar refractivity (Wildman–Crippen MR) is 82.6 cm³/mol. The van der Waals surface area contributed by atoms with Crippen LogP contribution in [0.3, 0.4) is 0 Å². The number of hydrogen-bond donors (Lipinski definition) is 2. The van der Waals surface area contributed by atoms with Crippen LogP contribution < -0.4 is 11.1 Å². The summed E-state index contributed by atoms with van der Waals surface area (Å²) in [7, 11) is 0. The summed E-state index contributed by atoms with van der Waals surface area (Å²) in [6.07, 6.45) is 7.68. The Hall–Kier alpha value is -1.35. The molecule has 20 heavy (non-hydrogen) atoms. The molecular weight excluding hydrogens is 248 g/mol. The summed E-state index contributed by atoms with van der Waals surface area (Å²) in [5.41, 5.74) is 8.26. The molecule has 1 saturated carbocycles. The fourth-order valence-electron chi connectivity index (χ4n) is 2.88. The molecular formula is C17H26N2O. The van der Waals surface area contributed by atoms with E-state index in [2.05, 4.69) is 29.6 Å². The summed E-state index contributed by atoms with van der Waals surface area (Å²) in [4.78, 5) is 11.4. The second-order valence-electron chi connectivity index (χ2n) is 5.91. The first-order valence-corrected chi connectivity index (χ1v) is 7.79. The number of carbonyl (C=O) groups is 1. The van der Waals surface area contributed by atoms with Crippen LogP contribution in [-0.4, -0.2) is 18.5 Å². The second kappa shape index (κ2) is 7.44. The SMILES string of the molecule is C[C@H](N)C(=O)NCCc1ccc(C2CCCCC2)cc1. The zero-order chi connectivity index (χ0) is 14.4. The molecule has 1 aliphatic carbocycles. The van der Waals surface area contributed by atoms with Crippen molar-refractivity contribution < 1.29 is 4.79 Å². The van der Waals surface area contributed by atoms with Crippen molar-refractivity contribution in [3.8, 4) is 0 Å². The molecule has 0 aromatic heterocycles. The summed E-state index contributed by atoms with van der Waals surface area (Å²) in [6, 6.07) is 8.49. The largest absolute Gasteiger partial charge is 0.354 e. The number of nitrogens with two attached hydrogens (primary N) is 1. The molecule has 0 radical (unpaired) electrons. The lowest BCUT2D eigenvalue weighted by Crippen LogP contribution is -2.39. The molecule has 3 nitrogen and oxygen atoms in total. The van der Waals surface area contributed by atoms with Gasteiger partial charge in [0.15, 0.2) is 0 Å². The summed E-state index contributed by atoms with van der Waals surface area (Å²) in [5, 5.41) is 2.84. The molecule has 1 aliphatic rings. The van der Waals surface area contributed by atoms with E-state index < -0.39 is 6.04 Å². The fraction of sp³-hybridized carbons (Fsp3) is 0.588. The van der Waals surface area contributed by atoms with E-state index in [1.54, 1.807) is 6.92 Å². The van der Waals surface area contributed by atoms with E-state index in [0.29, 0.717) is 6.54 Å². The summed E-state index contributed by atoms with van der Waals surface area (Å²) >= 11 is 0. The molecule has 3 N–H and O–H groups in total. The molecule has 1 fully saturated rings. The third-order valence-electron chi connectivity index (χ3n) is 4.18. The van der Waals surface area contributed by atoms with E-state index in [1.807, 2.05) is 0 Å². The molecule has 0 spiro atoms. The van der Waals surface area contributed by atoms with E-state index in [-0.39, 0.29) is 5.91 Å². The molecule has 0 aliphatic heterocycles. The standard InChI is InChI=1S/C17H26N2O/c1-13(18)17(20)19-12-11-14-7-9-16(10-8-14)15-5-3-2-4-6-15/h7-10,13,15H,2-6,11-12,18H2,1H3,(H,19,20)/t13-/m0/s1. The van der Waals surface area contributed by atoms with Gasteiger partial charge in [-0.2, -0.15) is 0 Å². The lowest BCUT2D eigenvalue weighted by Gasteiger charge is -2.22. The topological polar surface area (TPSA) is 55.1 Å². The molecule has 1 amide bonds. The first kappa shape index (κ1) is 15.0. The van der Waals surface area contributed by atoms with Gasteiger partial charge in [-0.3, -0.25) is 4.79 Å². The summed E-state index contributed by atoms with van der Waals surface area (Å²) in [6.45, 7) is 2.36. The number of carbonyl (C=O) groups excluding carboxylic acids is 1. The average Bonchev–Trinajstić information content (AvgIpc) is 2.48. The molecule has 110 valence electrons. The Labute approximate surface area is 121 Å². The van der Waals surface area contributed by atoms with Crippen LogP contribution in [-0.2, 0) is 11.2 Å². The van der Waals surface area contributed by atoms with Crippen molar-refractivity contribution in [1.82, 2.24) is 5.32 Å². The fourth-order valence-corrected chi connectivity index (χ4v) is 2.88. The van der Waals surface area contributed by atoms with E-state index in [4.69, 9.17) is 5.73 Å². The number of rotatable bonds is 5. The zero-order valence-corrected chi connectivity index (χ0v) is 12.4. The lowest BCUT2D eigenvalue weighted by molar-refractivity contribution is -0.121. The number of nitrogens with one attached hydrogen (secondary N) is 1. The van der Waals surface area contributed by atoms with Crippen LogP contribution in [0.4, 0.5) is 0 Å². The van der Waals surface area contributed by atoms with Crippen molar-refractivity contribution in [2.45, 2.75) is 57.4 Å². The maximum atomic E-state index is 11.4. The normalized spacial score (nSPS) is 17.7. The maximum absolute atomic E-state index is 11.4. The van der Waals surface area contributed by atoms with E-state index in [1.165, 1.54) is 43.2 Å². The Balaban J connectivity index is 1.80. The van der Waals surface area contributed by atoms with Crippen molar-refractivity contribution in [2.24, 2.45) is 5.73 Å². The quantitative estimate of drug-likeness (QED) is 0.867. The maximum Gasteiger partial charge on any atom is 0.236 e. The van der Waals surface area contributed by atoms with Gasteiger partial charge in [-0.15, -0.1) is 0 Å². The van der Waals surface area contributed by atoms with Gasteiger partial charge in [-0.25, -0.2) is 0 Å². The molecule has 2 rings (SSSR count). The van der Waals surface area contributed by atoms with E-state index in [0.717, 1.165) is 12.3 Å². The molecule has 1 aromatic rings. The molecule has 0 saturated heterocycles. The first-order valence-electron chi connectivity index (χ1n) is 7.79. The molecule has 1 atom stereocenters. The van der Waals surface area contributed by atoms with Crippen molar-refractivity contribution in [3.63, 3.8) is 0 Å². The smallest absolute Gasteiger partial charge is 0.236 e. The third-order valence-corrected chi connectivity index (χ3v) is 4.18. The molecule has 0 heterocycles. The molecule has 0 unspecified atom stereocenters. The van der Waals surface area contributed by atoms with Crippen molar-refractivity contribution in [1.29, 1.82) is 0 Å². The highest BCUT2D eigenvalue weighted by Gasteiger charge is 2.15. The number of amides is 1. The number of hydrogen-bond acceptors (Lipinski definition) is 2. The monoisotopic (exact) mass is 274 g/mol. The minimum atomic E-state index is -0.427. The van der Waals surface area contributed by atoms with Crippen molar-refractivity contribution >= 4 is 5.91 Å². The average molecular weight is 274 g/mol. The van der Waals surface area contributed by atoms with Crippen LogP contribution in [0.1, 0.15) is 56.1 Å². The Kier molecular flexibility index (Phi) is 5.60. The van der Waals surface area contributed by atoms with Gasteiger partial charge in [0.25, 0.3) is 0 Å². The Morgan fingerprint density at radius 2 is 1.90 bits per heavy atom.